The topological polar surface area (TPSA) is 29.1 Å². The number of carbonyl (C=O) groups is 1. The van der Waals surface area contributed by atoms with E-state index in [9.17, 15) is 4.79 Å². The van der Waals surface area contributed by atoms with Gasteiger partial charge in [0.05, 0.1) is 6.54 Å². The average Bonchev–Trinajstić information content (AvgIpc) is 1.35. The molecule has 0 spiro atoms. The van der Waals surface area contributed by atoms with E-state index in [4.69, 9.17) is 0 Å². The lowest BCUT2D eigenvalue weighted by Gasteiger charge is -1.81. The number of nitrogens with one attached hydrogen (secondary N) is 1. The zero-order valence-corrected chi connectivity index (χ0v) is 7.19. The Morgan fingerprint density at radius 3 is 2.33 bits per heavy atom. The minimum absolute atomic E-state index is 0.141. The Morgan fingerprint density at radius 1 is 1.83 bits per heavy atom. The van der Waals surface area contributed by atoms with Crippen molar-refractivity contribution in [1.29, 1.82) is 0 Å². The molecule has 0 bridgehead atoms. The van der Waals surface area contributed by atoms with Crippen LogP contribution in [0.1, 0.15) is 0 Å². The van der Waals surface area contributed by atoms with Crippen molar-refractivity contribution < 1.29 is 4.79 Å². The molecule has 0 rings (SSSR count). The fourth-order valence-electron chi connectivity index (χ4n) is 0.0525. The number of hydrogen-bond donors (Lipinski definition) is 1. The molecule has 36 valence electrons. The molecule has 0 fully saturated rings. The van der Waals surface area contributed by atoms with Gasteiger partial charge in [0.1, 0.15) is 0 Å². The number of rotatable bonds is 2. The van der Waals surface area contributed by atoms with Gasteiger partial charge in [0.2, 0.25) is 3.79 Å². The highest BCUT2D eigenvalue weighted by molar-refractivity contribution is 14.1. The first-order valence-electron chi connectivity index (χ1n) is 1.29. The van der Waals surface area contributed by atoms with Gasteiger partial charge in [-0.05, 0) is 0 Å². The fraction of sp³-hybridized carbons (Fsp3) is 0.500. The zero-order valence-electron chi connectivity index (χ0n) is 2.87. The first-order valence-corrected chi connectivity index (χ1v) is 3.45. The summed E-state index contributed by atoms with van der Waals surface area (Å²) in [5.74, 6) is 0. The van der Waals surface area contributed by atoms with Crippen LogP contribution in [0.25, 0.3) is 0 Å². The monoisotopic (exact) mass is 311 g/mol. The molecule has 1 N–H and O–H groups in total. The Kier molecular flexibility index (Phi) is 5.03. The summed E-state index contributed by atoms with van der Waals surface area (Å²) >= 11 is 3.66. The average molecular weight is 311 g/mol. The molecule has 0 atom stereocenters. The quantitative estimate of drug-likeness (QED) is 0.466. The van der Waals surface area contributed by atoms with E-state index in [1.807, 2.05) is 22.9 Å². The van der Waals surface area contributed by atoms with Gasteiger partial charge in [-0.3, -0.25) is 8.32 Å². The van der Waals surface area contributed by atoms with Gasteiger partial charge in [0.25, 0.3) is 0 Å². The summed E-state index contributed by atoms with van der Waals surface area (Å²) in [5, 5.41) is 0. The maximum Gasteiger partial charge on any atom is 0.206 e. The summed E-state index contributed by atoms with van der Waals surface area (Å²) < 4.78 is 2.82. The van der Waals surface area contributed by atoms with Crippen LogP contribution in [0.2, 0.25) is 0 Å². The molecule has 0 aliphatic rings. The maximum atomic E-state index is 9.96. The SMILES string of the molecule is O=C(I)CNI. The lowest BCUT2D eigenvalue weighted by atomic mass is 10.8. The van der Waals surface area contributed by atoms with Crippen molar-refractivity contribution in [1.82, 2.24) is 3.53 Å². The Balaban J connectivity index is 2.83. The largest absolute Gasteiger partial charge is 0.286 e. The third-order valence-electron chi connectivity index (χ3n) is 0.206. The summed E-state index contributed by atoms with van der Waals surface area (Å²) in [4.78, 5) is 9.96. The van der Waals surface area contributed by atoms with E-state index in [2.05, 4.69) is 3.53 Å². The predicted octanol–water partition coefficient (Wildman–Crippen LogP) is 0.888. The highest BCUT2D eigenvalue weighted by Crippen LogP contribution is 1.81. The van der Waals surface area contributed by atoms with Gasteiger partial charge < -0.3 is 0 Å². The van der Waals surface area contributed by atoms with Crippen LogP contribution < -0.4 is 3.53 Å². The molecule has 0 saturated heterocycles. The predicted molar refractivity (Wildman–Crippen MR) is 41.0 cm³/mol. The van der Waals surface area contributed by atoms with Gasteiger partial charge in [-0.2, -0.15) is 0 Å². The first-order chi connectivity index (χ1) is 2.77. The van der Waals surface area contributed by atoms with Gasteiger partial charge in [0.15, 0.2) is 0 Å². The zero-order chi connectivity index (χ0) is 4.99. The van der Waals surface area contributed by atoms with Crippen molar-refractivity contribution in [2.75, 3.05) is 6.54 Å². The molecule has 0 amide bonds. The van der Waals surface area contributed by atoms with E-state index in [0.29, 0.717) is 6.54 Å². The van der Waals surface area contributed by atoms with E-state index < -0.39 is 0 Å². The maximum absolute atomic E-state index is 9.96. The van der Waals surface area contributed by atoms with Crippen LogP contribution in [0, 0.1) is 0 Å². The molecule has 0 heterocycles. The molecule has 0 aromatic carbocycles. The van der Waals surface area contributed by atoms with Crippen molar-refractivity contribution >= 4 is 49.2 Å². The van der Waals surface area contributed by atoms with Gasteiger partial charge in [-0.1, -0.05) is 0 Å². The van der Waals surface area contributed by atoms with Crippen LogP contribution in [0.15, 0.2) is 0 Å². The molecule has 0 aliphatic heterocycles. The molecular weight excluding hydrogens is 308 g/mol. The van der Waals surface area contributed by atoms with Crippen molar-refractivity contribution in [3.8, 4) is 0 Å². The molecule has 2 nitrogen and oxygen atoms in total. The molecule has 6 heavy (non-hydrogen) atoms. The molecule has 0 aliphatic carbocycles. The molecule has 0 saturated carbocycles. The Bertz CT molecular complexity index is 55.5. The van der Waals surface area contributed by atoms with Crippen LogP contribution in [0.4, 0.5) is 0 Å². The van der Waals surface area contributed by atoms with E-state index in [1.54, 1.807) is 22.6 Å². The molecule has 0 aromatic rings. The van der Waals surface area contributed by atoms with Crippen molar-refractivity contribution in [2.24, 2.45) is 0 Å². The van der Waals surface area contributed by atoms with E-state index >= 15 is 0 Å². The van der Waals surface area contributed by atoms with E-state index in [0.717, 1.165) is 0 Å². The molecule has 0 radical (unpaired) electrons. The summed E-state index contributed by atoms with van der Waals surface area (Å²) in [6.07, 6.45) is 0. The normalized spacial score (nSPS) is 8.33. The Hall–Kier alpha value is 1.09. The van der Waals surface area contributed by atoms with Crippen molar-refractivity contribution in [2.45, 2.75) is 0 Å². The smallest absolute Gasteiger partial charge is 0.206 e. The van der Waals surface area contributed by atoms with Crippen molar-refractivity contribution in [3.63, 3.8) is 0 Å². The molecular formula is C2H3I2NO. The minimum atomic E-state index is 0.141. The number of carbonyl (C=O) groups excluding carboxylic acids is 1. The summed E-state index contributed by atoms with van der Waals surface area (Å²) in [7, 11) is 0. The van der Waals surface area contributed by atoms with Gasteiger partial charge in [-0.25, -0.2) is 0 Å². The second-order valence-electron chi connectivity index (χ2n) is 0.666. The van der Waals surface area contributed by atoms with E-state index in [-0.39, 0.29) is 3.79 Å². The van der Waals surface area contributed by atoms with Gasteiger partial charge >= 0.3 is 0 Å². The van der Waals surface area contributed by atoms with Crippen LogP contribution in [0.3, 0.4) is 0 Å². The Labute approximate surface area is 63.7 Å². The number of halogens is 2. The molecule has 0 aromatic heterocycles. The first kappa shape index (κ1) is 7.09. The Morgan fingerprint density at radius 2 is 2.33 bits per heavy atom. The highest BCUT2D eigenvalue weighted by Gasteiger charge is 1.86. The van der Waals surface area contributed by atoms with Gasteiger partial charge in [0, 0.05) is 45.5 Å². The molecule has 0 unspecified atom stereocenters. The van der Waals surface area contributed by atoms with Crippen LogP contribution in [0.5, 0.6) is 0 Å². The second kappa shape index (κ2) is 4.25. The summed E-state index contributed by atoms with van der Waals surface area (Å²) in [5.41, 5.74) is 0. The number of hydrogen-bond acceptors (Lipinski definition) is 2. The molecule has 4 heteroatoms. The van der Waals surface area contributed by atoms with E-state index in [1.165, 1.54) is 0 Å². The lowest BCUT2D eigenvalue weighted by Crippen LogP contribution is -2.05. The third-order valence-corrected chi connectivity index (χ3v) is 0.969. The van der Waals surface area contributed by atoms with Crippen molar-refractivity contribution in [3.05, 3.63) is 0 Å². The van der Waals surface area contributed by atoms with Crippen LogP contribution in [-0.4, -0.2) is 10.3 Å². The fourth-order valence-corrected chi connectivity index (χ4v) is 1.32. The second-order valence-corrected chi connectivity index (χ2v) is 2.63. The van der Waals surface area contributed by atoms with Crippen LogP contribution in [-0.2, 0) is 4.79 Å². The lowest BCUT2D eigenvalue weighted by molar-refractivity contribution is -0.108. The minimum Gasteiger partial charge on any atom is -0.286 e. The van der Waals surface area contributed by atoms with Crippen LogP contribution >= 0.6 is 45.5 Å². The third kappa shape index (κ3) is 5.09. The summed E-state index contributed by atoms with van der Waals surface area (Å²) in [6, 6.07) is 0. The summed E-state index contributed by atoms with van der Waals surface area (Å²) in [6.45, 7) is 0.459. The van der Waals surface area contributed by atoms with Gasteiger partial charge in [-0.15, -0.1) is 0 Å². The standard InChI is InChI=1S/C2H3I2NO/c3-2(6)1-5-4/h5H,1H2. The highest BCUT2D eigenvalue weighted by atomic mass is 127.